The van der Waals surface area contributed by atoms with E-state index in [-0.39, 0.29) is 14.4 Å². The highest BCUT2D eigenvalue weighted by Crippen LogP contribution is 2.35. The van der Waals surface area contributed by atoms with Crippen molar-refractivity contribution in [1.82, 2.24) is 4.98 Å². The first-order valence-corrected chi connectivity index (χ1v) is 8.51. The van der Waals surface area contributed by atoms with E-state index >= 15 is 0 Å². The maximum atomic E-state index is 12.7. The zero-order chi connectivity index (χ0) is 15.8. The second kappa shape index (κ2) is 5.58. The molecule has 1 aromatic heterocycles. The van der Waals surface area contributed by atoms with Gasteiger partial charge in [-0.15, -0.1) is 11.3 Å². The lowest BCUT2D eigenvalue weighted by Gasteiger charge is -2.12. The third-order valence-corrected chi connectivity index (χ3v) is 5.83. The molecule has 0 saturated carbocycles. The van der Waals surface area contributed by atoms with Crippen LogP contribution < -0.4 is 4.72 Å². The first kappa shape index (κ1) is 16.2. The molecule has 0 spiro atoms. The minimum absolute atomic E-state index is 0.0655. The molecule has 0 amide bonds. The van der Waals surface area contributed by atoms with Gasteiger partial charge in [-0.05, 0) is 41.1 Å². The molecule has 2 aromatic rings. The molecular weight excluding hydrogens is 393 g/mol. The predicted octanol–water partition coefficient (Wildman–Crippen LogP) is 4.03. The van der Waals surface area contributed by atoms with Gasteiger partial charge >= 0.3 is 6.18 Å². The Morgan fingerprint density at radius 1 is 1.33 bits per heavy atom. The van der Waals surface area contributed by atoms with Crippen molar-refractivity contribution >= 4 is 43.0 Å². The highest BCUT2D eigenvalue weighted by molar-refractivity contribution is 9.10. The van der Waals surface area contributed by atoms with Gasteiger partial charge in [-0.3, -0.25) is 4.72 Å². The van der Waals surface area contributed by atoms with E-state index in [1.54, 1.807) is 6.92 Å². The van der Waals surface area contributed by atoms with E-state index < -0.39 is 21.8 Å². The van der Waals surface area contributed by atoms with Gasteiger partial charge in [-0.2, -0.15) is 13.2 Å². The van der Waals surface area contributed by atoms with Crippen molar-refractivity contribution in [3.63, 3.8) is 0 Å². The number of benzene rings is 1. The van der Waals surface area contributed by atoms with E-state index in [0.717, 1.165) is 35.7 Å². The highest BCUT2D eigenvalue weighted by atomic mass is 79.9. The van der Waals surface area contributed by atoms with Gasteiger partial charge in [0.15, 0.2) is 4.21 Å². The maximum Gasteiger partial charge on any atom is 0.416 e. The fourth-order valence-electron chi connectivity index (χ4n) is 1.44. The Kier molecular flexibility index (Phi) is 4.31. The topological polar surface area (TPSA) is 59.1 Å². The summed E-state index contributed by atoms with van der Waals surface area (Å²) < 4.78 is 64.4. The Morgan fingerprint density at radius 2 is 2.00 bits per heavy atom. The van der Waals surface area contributed by atoms with Crippen LogP contribution in [0, 0.1) is 6.92 Å². The van der Waals surface area contributed by atoms with Gasteiger partial charge in [0.2, 0.25) is 0 Å². The molecule has 0 unspecified atom stereocenters. The monoisotopic (exact) mass is 400 g/mol. The lowest BCUT2D eigenvalue weighted by molar-refractivity contribution is -0.137. The third-order valence-electron chi connectivity index (χ3n) is 2.40. The van der Waals surface area contributed by atoms with Gasteiger partial charge in [0.05, 0.1) is 22.5 Å². The van der Waals surface area contributed by atoms with Gasteiger partial charge in [-0.25, -0.2) is 13.4 Å². The molecule has 1 aromatic carbocycles. The number of aromatic nitrogens is 1. The van der Waals surface area contributed by atoms with Crippen LogP contribution in [0.5, 0.6) is 0 Å². The first-order valence-electron chi connectivity index (χ1n) is 5.41. The number of nitrogens with one attached hydrogen (secondary N) is 1. The molecule has 4 nitrogen and oxygen atoms in total. The van der Waals surface area contributed by atoms with E-state index in [2.05, 4.69) is 25.6 Å². The minimum Gasteiger partial charge on any atom is -0.278 e. The number of thiazole rings is 1. The Bertz CT molecular complexity index is 772. The quantitative estimate of drug-likeness (QED) is 0.845. The molecule has 10 heteroatoms. The zero-order valence-corrected chi connectivity index (χ0v) is 13.6. The second-order valence-corrected chi connectivity index (χ2v) is 7.99. The number of alkyl halides is 3. The summed E-state index contributed by atoms with van der Waals surface area (Å²) >= 11 is 3.95. The fourth-order valence-corrected chi connectivity index (χ4v) is 4.10. The molecule has 0 atom stereocenters. The normalized spacial score (nSPS) is 12.4. The van der Waals surface area contributed by atoms with Gasteiger partial charge in [0, 0.05) is 4.47 Å². The van der Waals surface area contributed by atoms with E-state index in [1.807, 2.05) is 0 Å². The Balaban J connectivity index is 2.39. The standard InChI is InChI=1S/C11H8BrF3N2O2S2/c1-6-16-5-10(20-6)21(18,19)17-9-4-7(11(13,14)15)2-3-8(9)12/h2-5,17H,1H3. The van der Waals surface area contributed by atoms with Crippen molar-refractivity contribution in [3.8, 4) is 0 Å². The van der Waals surface area contributed by atoms with Crippen molar-refractivity contribution in [1.29, 1.82) is 0 Å². The Hall–Kier alpha value is -1.13. The molecule has 0 aliphatic heterocycles. The van der Waals surface area contributed by atoms with Crippen LogP contribution in [0.1, 0.15) is 10.6 Å². The number of nitrogens with zero attached hydrogens (tertiary/aromatic N) is 1. The van der Waals surface area contributed by atoms with Crippen LogP contribution in [-0.4, -0.2) is 13.4 Å². The Morgan fingerprint density at radius 3 is 2.52 bits per heavy atom. The summed E-state index contributed by atoms with van der Waals surface area (Å²) in [4.78, 5) is 3.81. The van der Waals surface area contributed by atoms with Crippen LogP contribution in [0.4, 0.5) is 18.9 Å². The minimum atomic E-state index is -4.55. The highest BCUT2D eigenvalue weighted by Gasteiger charge is 2.31. The lowest BCUT2D eigenvalue weighted by Crippen LogP contribution is -2.13. The number of sulfonamides is 1. The summed E-state index contributed by atoms with van der Waals surface area (Å²) in [6.45, 7) is 1.63. The third kappa shape index (κ3) is 3.74. The summed E-state index contributed by atoms with van der Waals surface area (Å²) in [6.07, 6.45) is -3.40. The summed E-state index contributed by atoms with van der Waals surface area (Å²) in [5.41, 5.74) is -1.13. The van der Waals surface area contributed by atoms with Crippen molar-refractivity contribution in [2.45, 2.75) is 17.3 Å². The van der Waals surface area contributed by atoms with Crippen molar-refractivity contribution in [2.75, 3.05) is 4.72 Å². The lowest BCUT2D eigenvalue weighted by atomic mass is 10.2. The second-order valence-electron chi connectivity index (χ2n) is 4.00. The smallest absolute Gasteiger partial charge is 0.278 e. The molecule has 0 fully saturated rings. The molecule has 0 saturated heterocycles. The van der Waals surface area contributed by atoms with E-state index in [9.17, 15) is 21.6 Å². The zero-order valence-electron chi connectivity index (χ0n) is 10.4. The Labute approximate surface area is 131 Å². The molecule has 2 rings (SSSR count). The van der Waals surface area contributed by atoms with E-state index in [4.69, 9.17) is 0 Å². The number of aryl methyl sites for hydroxylation is 1. The number of rotatable bonds is 3. The molecule has 21 heavy (non-hydrogen) atoms. The molecule has 0 aliphatic rings. The summed E-state index contributed by atoms with van der Waals surface area (Å²) in [5, 5.41) is 0.540. The van der Waals surface area contributed by atoms with Gasteiger partial charge in [-0.1, -0.05) is 0 Å². The molecule has 0 aliphatic carbocycles. The molecule has 114 valence electrons. The molecule has 1 heterocycles. The SMILES string of the molecule is Cc1ncc(S(=O)(=O)Nc2cc(C(F)(F)F)ccc2Br)s1. The summed E-state index contributed by atoms with van der Waals surface area (Å²) in [5.74, 6) is 0. The average molecular weight is 401 g/mol. The fraction of sp³-hybridized carbons (Fsp3) is 0.182. The number of anilines is 1. The average Bonchev–Trinajstić information content (AvgIpc) is 2.78. The molecular formula is C11H8BrF3N2O2S2. The number of halogens is 4. The molecule has 0 bridgehead atoms. The predicted molar refractivity (Wildman–Crippen MR) is 76.8 cm³/mol. The van der Waals surface area contributed by atoms with Crippen LogP contribution in [-0.2, 0) is 16.2 Å². The summed E-state index contributed by atoms with van der Waals surface area (Å²) in [7, 11) is -3.97. The van der Waals surface area contributed by atoms with E-state index in [1.165, 1.54) is 0 Å². The van der Waals surface area contributed by atoms with Crippen LogP contribution in [0.2, 0.25) is 0 Å². The van der Waals surface area contributed by atoms with Crippen molar-refractivity contribution in [2.24, 2.45) is 0 Å². The van der Waals surface area contributed by atoms with Gasteiger partial charge in [0.1, 0.15) is 0 Å². The first-order chi connectivity index (χ1) is 9.59. The van der Waals surface area contributed by atoms with Gasteiger partial charge in [0.25, 0.3) is 10.0 Å². The van der Waals surface area contributed by atoms with Crippen LogP contribution in [0.3, 0.4) is 0 Å². The van der Waals surface area contributed by atoms with Crippen molar-refractivity contribution in [3.05, 3.63) is 39.4 Å². The van der Waals surface area contributed by atoms with Gasteiger partial charge < -0.3 is 0 Å². The molecule has 1 N–H and O–H groups in total. The molecule has 0 radical (unpaired) electrons. The summed E-state index contributed by atoms with van der Waals surface area (Å²) in [6, 6.07) is 2.73. The van der Waals surface area contributed by atoms with Crippen LogP contribution in [0.25, 0.3) is 0 Å². The van der Waals surface area contributed by atoms with Crippen LogP contribution in [0.15, 0.2) is 33.1 Å². The maximum absolute atomic E-state index is 12.7. The van der Waals surface area contributed by atoms with Crippen LogP contribution >= 0.6 is 27.3 Å². The number of hydrogen-bond donors (Lipinski definition) is 1. The number of hydrogen-bond acceptors (Lipinski definition) is 4. The van der Waals surface area contributed by atoms with E-state index in [0.29, 0.717) is 5.01 Å². The largest absolute Gasteiger partial charge is 0.416 e. The van der Waals surface area contributed by atoms with Crippen molar-refractivity contribution < 1.29 is 21.6 Å².